The van der Waals surface area contributed by atoms with Crippen molar-refractivity contribution >= 4 is 28.9 Å². The summed E-state index contributed by atoms with van der Waals surface area (Å²) in [6.45, 7) is 0. The monoisotopic (exact) mass is 383 g/mol. The Bertz CT molecular complexity index is 981. The SMILES string of the molecule is O=[N+]([O-])c1cc(-c2cc(-c3c(Cl)c[n+]([O-])cc3Cl)on2)cc(O)c1O. The molecule has 3 aromatic rings. The van der Waals surface area contributed by atoms with Crippen LogP contribution in [0.2, 0.25) is 10.0 Å². The number of hydrogen-bond donors (Lipinski definition) is 2. The lowest BCUT2D eigenvalue weighted by molar-refractivity contribution is -0.605. The van der Waals surface area contributed by atoms with Crippen LogP contribution in [0.5, 0.6) is 11.5 Å². The third kappa shape index (κ3) is 3.02. The molecule has 2 aromatic heterocycles. The number of halogens is 2. The van der Waals surface area contributed by atoms with Crippen LogP contribution in [0.4, 0.5) is 5.69 Å². The molecule has 0 saturated carbocycles. The summed E-state index contributed by atoms with van der Waals surface area (Å²) in [6.07, 6.45) is 2.14. The third-order valence-electron chi connectivity index (χ3n) is 3.28. The Morgan fingerprint density at radius 2 is 1.80 bits per heavy atom. The van der Waals surface area contributed by atoms with E-state index in [0.29, 0.717) is 4.73 Å². The average Bonchev–Trinajstić information content (AvgIpc) is 2.98. The molecule has 0 spiro atoms. The molecule has 0 atom stereocenters. The number of aromatic nitrogens is 2. The average molecular weight is 384 g/mol. The highest BCUT2D eigenvalue weighted by Crippen LogP contribution is 2.40. The highest BCUT2D eigenvalue weighted by molar-refractivity contribution is 6.38. The number of pyridine rings is 1. The van der Waals surface area contributed by atoms with Gasteiger partial charge in [-0.3, -0.25) is 10.1 Å². The zero-order chi connectivity index (χ0) is 18.3. The number of aromatic hydroxyl groups is 2. The summed E-state index contributed by atoms with van der Waals surface area (Å²) in [6, 6.07) is 3.48. The summed E-state index contributed by atoms with van der Waals surface area (Å²) in [5.74, 6) is -1.43. The van der Waals surface area contributed by atoms with Crippen LogP contribution in [0.15, 0.2) is 35.1 Å². The Kier molecular flexibility index (Phi) is 4.11. The van der Waals surface area contributed by atoms with Crippen molar-refractivity contribution in [1.82, 2.24) is 5.16 Å². The van der Waals surface area contributed by atoms with E-state index in [1.54, 1.807) is 0 Å². The summed E-state index contributed by atoms with van der Waals surface area (Å²) in [5, 5.41) is 45.2. The lowest BCUT2D eigenvalue weighted by atomic mass is 10.1. The standard InChI is InChI=1S/C14H7Cl2N3O6/c15-7-4-18(22)5-8(16)13(7)12-3-9(17-25-12)6-1-10(19(23)24)14(21)11(20)2-6/h1-5,20-21H. The second-order valence-electron chi connectivity index (χ2n) is 4.89. The molecular formula is C14H7Cl2N3O6. The van der Waals surface area contributed by atoms with Gasteiger partial charge in [-0.1, -0.05) is 28.4 Å². The fourth-order valence-corrected chi connectivity index (χ4v) is 2.79. The predicted molar refractivity (Wildman–Crippen MR) is 86.3 cm³/mol. The Balaban J connectivity index is 2.11. The second-order valence-corrected chi connectivity index (χ2v) is 5.70. The number of rotatable bonds is 3. The molecular weight excluding hydrogens is 377 g/mol. The van der Waals surface area contributed by atoms with Gasteiger partial charge in [0.05, 0.1) is 10.5 Å². The molecule has 9 nitrogen and oxygen atoms in total. The van der Waals surface area contributed by atoms with Gasteiger partial charge < -0.3 is 19.9 Å². The second kappa shape index (κ2) is 6.11. The minimum Gasteiger partial charge on any atom is -0.619 e. The van der Waals surface area contributed by atoms with Crippen LogP contribution in [0.3, 0.4) is 0 Å². The molecule has 0 unspecified atom stereocenters. The number of nitro benzene ring substituents is 1. The van der Waals surface area contributed by atoms with E-state index in [0.717, 1.165) is 24.5 Å². The van der Waals surface area contributed by atoms with Crippen molar-refractivity contribution in [3.63, 3.8) is 0 Å². The van der Waals surface area contributed by atoms with E-state index < -0.39 is 22.1 Å². The Hall–Kier alpha value is -3.04. The van der Waals surface area contributed by atoms with Crippen LogP contribution in [0.25, 0.3) is 22.6 Å². The van der Waals surface area contributed by atoms with Gasteiger partial charge in [0, 0.05) is 17.7 Å². The molecule has 0 saturated heterocycles. The first-order chi connectivity index (χ1) is 11.8. The first-order valence-electron chi connectivity index (χ1n) is 6.53. The largest absolute Gasteiger partial charge is 0.619 e. The smallest absolute Gasteiger partial charge is 0.315 e. The normalized spacial score (nSPS) is 10.8. The van der Waals surface area contributed by atoms with Crippen molar-refractivity contribution in [3.05, 3.63) is 56.0 Å². The van der Waals surface area contributed by atoms with Crippen molar-refractivity contribution in [2.24, 2.45) is 0 Å². The molecule has 0 aliphatic carbocycles. The maximum absolute atomic E-state index is 11.3. The number of nitro groups is 1. The summed E-state index contributed by atoms with van der Waals surface area (Å²) >= 11 is 12.0. The summed E-state index contributed by atoms with van der Waals surface area (Å²) in [5.41, 5.74) is -0.229. The van der Waals surface area contributed by atoms with E-state index in [9.17, 15) is 25.5 Å². The lowest BCUT2D eigenvalue weighted by Gasteiger charge is -2.03. The van der Waals surface area contributed by atoms with E-state index in [-0.39, 0.29) is 32.6 Å². The molecule has 0 aliphatic heterocycles. The molecule has 0 amide bonds. The first-order valence-corrected chi connectivity index (χ1v) is 7.29. The highest BCUT2D eigenvalue weighted by Gasteiger charge is 2.23. The summed E-state index contributed by atoms with van der Waals surface area (Å²) in [4.78, 5) is 10.1. The van der Waals surface area contributed by atoms with Crippen LogP contribution in [0.1, 0.15) is 0 Å². The van der Waals surface area contributed by atoms with Gasteiger partial charge in [0.1, 0.15) is 15.7 Å². The molecule has 11 heteroatoms. The van der Waals surface area contributed by atoms with Crippen LogP contribution >= 0.6 is 23.2 Å². The van der Waals surface area contributed by atoms with Crippen molar-refractivity contribution < 1.29 is 24.4 Å². The van der Waals surface area contributed by atoms with Crippen LogP contribution in [-0.4, -0.2) is 20.3 Å². The van der Waals surface area contributed by atoms with Crippen molar-refractivity contribution in [3.8, 4) is 34.1 Å². The Labute approximate surface area is 149 Å². The van der Waals surface area contributed by atoms with Gasteiger partial charge in [-0.05, 0) is 6.07 Å². The fraction of sp³-hybridized carbons (Fsp3) is 0. The number of nitrogens with zero attached hydrogens (tertiary/aromatic N) is 3. The molecule has 0 radical (unpaired) electrons. The van der Waals surface area contributed by atoms with Crippen molar-refractivity contribution in [2.45, 2.75) is 0 Å². The molecule has 1 aromatic carbocycles. The van der Waals surface area contributed by atoms with Crippen LogP contribution in [0, 0.1) is 15.3 Å². The Morgan fingerprint density at radius 1 is 1.16 bits per heavy atom. The van der Waals surface area contributed by atoms with E-state index in [4.69, 9.17) is 27.7 Å². The van der Waals surface area contributed by atoms with E-state index in [1.807, 2.05) is 0 Å². The number of phenols is 2. The maximum Gasteiger partial charge on any atom is 0.315 e. The first kappa shape index (κ1) is 16.8. The van der Waals surface area contributed by atoms with E-state index >= 15 is 0 Å². The quantitative estimate of drug-likeness (QED) is 0.232. The van der Waals surface area contributed by atoms with Crippen molar-refractivity contribution in [2.75, 3.05) is 0 Å². The third-order valence-corrected chi connectivity index (χ3v) is 3.85. The zero-order valence-electron chi connectivity index (χ0n) is 12.0. The van der Waals surface area contributed by atoms with Gasteiger partial charge >= 0.3 is 5.69 Å². The van der Waals surface area contributed by atoms with Gasteiger partial charge in [-0.15, -0.1) is 0 Å². The number of benzene rings is 1. The minimum absolute atomic E-state index is 0.0183. The molecule has 2 heterocycles. The maximum atomic E-state index is 11.3. The van der Waals surface area contributed by atoms with Gasteiger partial charge in [-0.25, -0.2) is 0 Å². The molecule has 0 aliphatic rings. The number of phenolic OH excluding ortho intramolecular Hbond substituents is 2. The molecule has 0 fully saturated rings. The number of hydrogen-bond acceptors (Lipinski definition) is 7. The van der Waals surface area contributed by atoms with Crippen LogP contribution < -0.4 is 4.73 Å². The summed E-state index contributed by atoms with van der Waals surface area (Å²) < 4.78 is 5.56. The predicted octanol–water partition coefficient (Wildman–Crippen LogP) is 3.27. The van der Waals surface area contributed by atoms with E-state index in [1.165, 1.54) is 6.07 Å². The van der Waals surface area contributed by atoms with Gasteiger partial charge in [0.15, 0.2) is 23.9 Å². The Morgan fingerprint density at radius 3 is 2.40 bits per heavy atom. The molecule has 25 heavy (non-hydrogen) atoms. The van der Waals surface area contributed by atoms with Gasteiger partial charge in [0.2, 0.25) is 5.75 Å². The van der Waals surface area contributed by atoms with Crippen molar-refractivity contribution in [1.29, 1.82) is 0 Å². The van der Waals surface area contributed by atoms with E-state index in [2.05, 4.69) is 5.16 Å². The lowest BCUT2D eigenvalue weighted by Crippen LogP contribution is -2.24. The summed E-state index contributed by atoms with van der Waals surface area (Å²) in [7, 11) is 0. The molecule has 2 N–H and O–H groups in total. The van der Waals surface area contributed by atoms with Crippen LogP contribution in [-0.2, 0) is 0 Å². The van der Waals surface area contributed by atoms with Gasteiger partial charge in [-0.2, -0.15) is 4.73 Å². The topological polar surface area (TPSA) is 137 Å². The minimum atomic E-state index is -0.855. The van der Waals surface area contributed by atoms with Gasteiger partial charge in [0.25, 0.3) is 0 Å². The fourth-order valence-electron chi connectivity index (χ4n) is 2.16. The molecule has 3 rings (SSSR count). The molecule has 128 valence electrons. The zero-order valence-corrected chi connectivity index (χ0v) is 13.5. The molecule has 0 bridgehead atoms. The highest BCUT2D eigenvalue weighted by atomic mass is 35.5.